The lowest BCUT2D eigenvalue weighted by Crippen LogP contribution is -2.65. The first-order chi connectivity index (χ1) is 22.3. The molecular weight excluding hydrogens is 609 g/mol. The van der Waals surface area contributed by atoms with Gasteiger partial charge < -0.3 is 24.1 Å². The Morgan fingerprint density at radius 1 is 0.979 bits per heavy atom. The van der Waals surface area contributed by atoms with Crippen molar-refractivity contribution in [3.05, 3.63) is 106 Å². The average molecular weight is 657 g/mol. The Morgan fingerprint density at radius 3 is 2.06 bits per heavy atom. The lowest BCUT2D eigenvalue weighted by molar-refractivity contribution is -0.145. The lowest BCUT2D eigenvalue weighted by atomic mass is 9.91. The summed E-state index contributed by atoms with van der Waals surface area (Å²) < 4.78 is 16.0. The van der Waals surface area contributed by atoms with Crippen molar-refractivity contribution < 1.29 is 33.7 Å². The normalized spacial score (nSPS) is 14.4. The third-order valence-electron chi connectivity index (χ3n) is 9.60. The number of cyclic esters (lactones) is 1. The van der Waals surface area contributed by atoms with Gasteiger partial charge in [0.05, 0.1) is 20.1 Å². The van der Waals surface area contributed by atoms with Crippen molar-refractivity contribution in [3.8, 4) is 11.5 Å². The summed E-state index contributed by atoms with van der Waals surface area (Å²) in [4.78, 5) is 37.6. The molecule has 1 aliphatic rings. The number of benzene rings is 3. The van der Waals surface area contributed by atoms with Crippen LogP contribution in [-0.2, 0) is 27.3 Å². The molecule has 0 aliphatic carbocycles. The zero-order valence-electron chi connectivity index (χ0n) is 28.7. The zero-order chi connectivity index (χ0) is 34.4. The Morgan fingerprint density at radius 2 is 1.53 bits per heavy atom. The highest BCUT2D eigenvalue weighted by Crippen LogP contribution is 2.42. The number of allylic oxidation sites excluding steroid dienone is 4. The first-order valence-corrected chi connectivity index (χ1v) is 18.1. The molecule has 0 saturated carbocycles. The number of esters is 2. The molecule has 8 heteroatoms. The number of hydrogen-bond acceptors (Lipinski definition) is 7. The predicted octanol–water partition coefficient (Wildman–Crippen LogP) is 6.70. The van der Waals surface area contributed by atoms with Crippen LogP contribution in [0.25, 0.3) is 0 Å². The SMILES string of the molecule is COC(=O)C(C/C(C)=C/CCC(C)(C)[Si](O)(c1ccccc1)c1ccccc1)C/C(C)=C/Cc1c(O)c2c(c(C)c1OC)COC2=O. The Bertz CT molecular complexity index is 1600. The highest BCUT2D eigenvalue weighted by molar-refractivity contribution is 6.98. The van der Waals surface area contributed by atoms with Crippen molar-refractivity contribution in [2.45, 2.75) is 78.4 Å². The number of carbonyl (C=O) groups excluding carboxylic acids is 2. The van der Waals surface area contributed by atoms with Gasteiger partial charge in [0, 0.05) is 11.1 Å². The van der Waals surface area contributed by atoms with Crippen LogP contribution in [0.2, 0.25) is 5.04 Å². The highest BCUT2D eigenvalue weighted by atomic mass is 28.4. The van der Waals surface area contributed by atoms with Gasteiger partial charge in [-0.3, -0.25) is 4.79 Å². The van der Waals surface area contributed by atoms with E-state index in [0.717, 1.165) is 39.9 Å². The van der Waals surface area contributed by atoms with Crippen molar-refractivity contribution >= 4 is 30.6 Å². The van der Waals surface area contributed by atoms with Gasteiger partial charge in [-0.1, -0.05) is 97.8 Å². The van der Waals surface area contributed by atoms with Crippen molar-refractivity contribution in [1.82, 2.24) is 0 Å². The minimum absolute atomic E-state index is 0.116. The molecule has 4 rings (SSSR count). The Hall–Kier alpha value is -4.14. The molecule has 0 saturated heterocycles. The molecule has 2 N–H and O–H groups in total. The summed E-state index contributed by atoms with van der Waals surface area (Å²) in [5.74, 6) is -0.780. The van der Waals surface area contributed by atoms with Crippen LogP contribution in [0.1, 0.15) is 80.4 Å². The number of aromatic hydroxyl groups is 1. The zero-order valence-corrected chi connectivity index (χ0v) is 29.7. The summed E-state index contributed by atoms with van der Waals surface area (Å²) in [7, 11) is -0.154. The lowest BCUT2D eigenvalue weighted by Gasteiger charge is -2.41. The maximum absolute atomic E-state index is 12.9. The van der Waals surface area contributed by atoms with E-state index in [2.05, 4.69) is 19.9 Å². The number of phenols is 1. The minimum atomic E-state index is -3.10. The number of phenolic OH excluding ortho intramolecular Hbond substituents is 1. The standard InChI is InChI=1S/C39H48O7Si/c1-26(15-14-22-39(4,5)47(43,30-16-10-8-11-17-30)31-18-12-9-13-19-31)23-29(37(41)45-7)24-27(2)20-21-32-35(40)34-33(25-46-38(34)42)28(3)36(32)44-6/h8-13,15-20,29,40,43H,14,21-25H2,1-7H3/b26-15+,27-20+. The van der Waals surface area contributed by atoms with Crippen LogP contribution in [0.5, 0.6) is 11.5 Å². The van der Waals surface area contributed by atoms with Crippen LogP contribution in [0, 0.1) is 12.8 Å². The fourth-order valence-corrected chi connectivity index (χ4v) is 10.6. The van der Waals surface area contributed by atoms with Gasteiger partial charge >= 0.3 is 11.9 Å². The van der Waals surface area contributed by atoms with E-state index in [1.807, 2.05) is 87.5 Å². The largest absolute Gasteiger partial charge is 0.507 e. The van der Waals surface area contributed by atoms with Gasteiger partial charge in [0.25, 0.3) is 8.32 Å². The molecule has 0 bridgehead atoms. The first kappa shape index (κ1) is 35.7. The van der Waals surface area contributed by atoms with Crippen molar-refractivity contribution in [3.63, 3.8) is 0 Å². The number of carbonyl (C=O) groups is 2. The summed E-state index contributed by atoms with van der Waals surface area (Å²) in [6.07, 6.45) is 7.02. The molecule has 7 nitrogen and oxygen atoms in total. The summed E-state index contributed by atoms with van der Waals surface area (Å²) in [5.41, 5.74) is 4.19. The van der Waals surface area contributed by atoms with Crippen molar-refractivity contribution in [1.29, 1.82) is 0 Å². The number of ether oxygens (including phenoxy) is 3. The van der Waals surface area contributed by atoms with E-state index >= 15 is 0 Å². The van der Waals surface area contributed by atoms with Crippen LogP contribution in [-0.4, -0.2) is 44.4 Å². The topological polar surface area (TPSA) is 102 Å². The second kappa shape index (κ2) is 15.2. The van der Waals surface area contributed by atoms with Crippen LogP contribution < -0.4 is 15.1 Å². The molecule has 3 aromatic rings. The van der Waals surface area contributed by atoms with Gasteiger partial charge in [-0.2, -0.15) is 0 Å². The molecule has 1 heterocycles. The molecular formula is C39H48O7Si. The third-order valence-corrected chi connectivity index (χ3v) is 14.1. The Labute approximate surface area is 280 Å². The fraction of sp³-hybridized carbons (Fsp3) is 0.385. The maximum Gasteiger partial charge on any atom is 0.342 e. The third kappa shape index (κ3) is 7.55. The summed E-state index contributed by atoms with van der Waals surface area (Å²) in [6, 6.07) is 20.1. The summed E-state index contributed by atoms with van der Waals surface area (Å²) in [5, 5.41) is 12.6. The molecule has 47 heavy (non-hydrogen) atoms. The predicted molar refractivity (Wildman–Crippen MR) is 188 cm³/mol. The number of hydrogen-bond donors (Lipinski definition) is 2. The molecule has 1 atom stereocenters. The van der Waals surface area contributed by atoms with Gasteiger partial charge in [-0.25, -0.2) is 4.79 Å². The van der Waals surface area contributed by atoms with Gasteiger partial charge in [-0.15, -0.1) is 0 Å². The molecule has 0 radical (unpaired) electrons. The molecule has 250 valence electrons. The monoisotopic (exact) mass is 656 g/mol. The van der Waals surface area contributed by atoms with E-state index in [4.69, 9.17) is 14.2 Å². The molecule has 0 fully saturated rings. The molecule has 1 unspecified atom stereocenters. The summed E-state index contributed by atoms with van der Waals surface area (Å²) >= 11 is 0. The minimum Gasteiger partial charge on any atom is -0.507 e. The average Bonchev–Trinajstić information content (AvgIpc) is 3.46. The smallest absolute Gasteiger partial charge is 0.342 e. The van der Waals surface area contributed by atoms with Gasteiger partial charge in [0.15, 0.2) is 0 Å². The van der Waals surface area contributed by atoms with Gasteiger partial charge in [-0.05, 0) is 73.9 Å². The maximum atomic E-state index is 12.9. The first-order valence-electron chi connectivity index (χ1n) is 16.2. The molecule has 3 aromatic carbocycles. The number of fused-ring (bicyclic) bond motifs is 1. The second-order valence-electron chi connectivity index (χ2n) is 13.2. The van der Waals surface area contributed by atoms with Gasteiger partial charge in [0.2, 0.25) is 0 Å². The van der Waals surface area contributed by atoms with Crippen LogP contribution in [0.3, 0.4) is 0 Å². The van der Waals surface area contributed by atoms with E-state index in [9.17, 15) is 19.5 Å². The van der Waals surface area contributed by atoms with Crippen LogP contribution in [0.15, 0.2) is 84.0 Å². The van der Waals surface area contributed by atoms with E-state index in [-0.39, 0.29) is 34.8 Å². The molecule has 0 spiro atoms. The molecule has 0 amide bonds. The van der Waals surface area contributed by atoms with Gasteiger partial charge in [0.1, 0.15) is 23.7 Å². The number of rotatable bonds is 14. The highest BCUT2D eigenvalue weighted by Gasteiger charge is 2.49. The van der Waals surface area contributed by atoms with E-state index < -0.39 is 14.3 Å². The Kier molecular flexibility index (Phi) is 11.5. The van der Waals surface area contributed by atoms with Crippen LogP contribution in [0.4, 0.5) is 0 Å². The quantitative estimate of drug-likeness (QED) is 0.113. The van der Waals surface area contributed by atoms with Crippen molar-refractivity contribution in [2.24, 2.45) is 5.92 Å². The number of methoxy groups -OCH3 is 2. The summed E-state index contributed by atoms with van der Waals surface area (Å²) in [6.45, 7) is 10.3. The van der Waals surface area contributed by atoms with E-state index in [0.29, 0.717) is 36.1 Å². The molecule has 1 aliphatic heterocycles. The van der Waals surface area contributed by atoms with E-state index in [1.165, 1.54) is 7.11 Å². The van der Waals surface area contributed by atoms with E-state index in [1.54, 1.807) is 7.11 Å². The van der Waals surface area contributed by atoms with Crippen molar-refractivity contribution in [2.75, 3.05) is 14.2 Å². The Balaban J connectivity index is 1.48. The molecule has 0 aromatic heterocycles. The van der Waals surface area contributed by atoms with Crippen LogP contribution >= 0.6 is 0 Å². The fourth-order valence-electron chi connectivity index (χ4n) is 6.82. The second-order valence-corrected chi connectivity index (χ2v) is 17.1.